The largest absolute Gasteiger partial charge is 0.375 e. The number of pyridine rings is 1. The summed E-state index contributed by atoms with van der Waals surface area (Å²) in [5.74, 6) is 1.04. The fourth-order valence-electron chi connectivity index (χ4n) is 3.12. The van der Waals surface area contributed by atoms with Crippen molar-refractivity contribution in [1.29, 1.82) is 0 Å². The van der Waals surface area contributed by atoms with Gasteiger partial charge in [-0.05, 0) is 37.8 Å². The van der Waals surface area contributed by atoms with Crippen molar-refractivity contribution >= 4 is 11.8 Å². The van der Waals surface area contributed by atoms with Crippen molar-refractivity contribution in [2.75, 3.05) is 37.7 Å². The van der Waals surface area contributed by atoms with E-state index in [-0.39, 0.29) is 12.1 Å². The summed E-state index contributed by atoms with van der Waals surface area (Å²) >= 11 is 0. The molecule has 0 bridgehead atoms. The van der Waals surface area contributed by atoms with Crippen molar-refractivity contribution in [2.45, 2.75) is 38.8 Å². The van der Waals surface area contributed by atoms with Crippen LogP contribution in [0.4, 0.5) is 10.6 Å². The smallest absolute Gasteiger partial charge is 0.317 e. The summed E-state index contributed by atoms with van der Waals surface area (Å²) in [4.78, 5) is 20.9. The summed E-state index contributed by atoms with van der Waals surface area (Å²) in [6.07, 6.45) is 5.79. The van der Waals surface area contributed by atoms with E-state index < -0.39 is 0 Å². The van der Waals surface area contributed by atoms with Gasteiger partial charge in [0.2, 0.25) is 0 Å². The Morgan fingerprint density at radius 3 is 2.83 bits per heavy atom. The van der Waals surface area contributed by atoms with Crippen molar-refractivity contribution < 1.29 is 9.53 Å². The van der Waals surface area contributed by atoms with Gasteiger partial charge in [0, 0.05) is 38.9 Å². The Labute approximate surface area is 137 Å². The minimum atomic E-state index is -0.0275. The summed E-state index contributed by atoms with van der Waals surface area (Å²) in [6.45, 7) is 6.61. The molecule has 3 rings (SSSR count). The molecule has 1 N–H and O–H groups in total. The minimum Gasteiger partial charge on any atom is -0.375 e. The molecule has 1 aromatic rings. The lowest BCUT2D eigenvalue weighted by Gasteiger charge is -2.31. The highest BCUT2D eigenvalue weighted by atomic mass is 16.5. The summed E-state index contributed by atoms with van der Waals surface area (Å²) in [6, 6.07) is 4.09. The lowest BCUT2D eigenvalue weighted by Crippen LogP contribution is -2.48. The molecule has 2 aliphatic rings. The van der Waals surface area contributed by atoms with E-state index >= 15 is 0 Å². The van der Waals surface area contributed by atoms with E-state index in [9.17, 15) is 4.79 Å². The molecular weight excluding hydrogens is 292 g/mol. The van der Waals surface area contributed by atoms with Crippen molar-refractivity contribution in [3.05, 3.63) is 23.9 Å². The predicted octanol–water partition coefficient (Wildman–Crippen LogP) is 2.00. The highest BCUT2D eigenvalue weighted by Crippen LogP contribution is 2.17. The third-order valence-corrected chi connectivity index (χ3v) is 4.46. The van der Waals surface area contributed by atoms with Crippen LogP contribution in [0.3, 0.4) is 0 Å². The Balaban J connectivity index is 1.49. The molecule has 126 valence electrons. The molecule has 2 fully saturated rings. The summed E-state index contributed by atoms with van der Waals surface area (Å²) in [5, 5.41) is 2.97. The van der Waals surface area contributed by atoms with E-state index in [0.29, 0.717) is 26.2 Å². The van der Waals surface area contributed by atoms with E-state index in [1.165, 1.54) is 19.3 Å². The van der Waals surface area contributed by atoms with Crippen LogP contribution in [0.2, 0.25) is 0 Å². The lowest BCUT2D eigenvalue weighted by atomic mass is 10.1. The maximum Gasteiger partial charge on any atom is 0.317 e. The van der Waals surface area contributed by atoms with Gasteiger partial charge in [-0.2, -0.15) is 0 Å². The van der Waals surface area contributed by atoms with Crippen LogP contribution in [0.1, 0.15) is 31.7 Å². The Morgan fingerprint density at radius 2 is 2.13 bits per heavy atom. The minimum absolute atomic E-state index is 0.0275. The fraction of sp³-hybridized carbons (Fsp3) is 0.647. The number of hydrogen-bond acceptors (Lipinski definition) is 4. The van der Waals surface area contributed by atoms with Crippen molar-refractivity contribution in [3.8, 4) is 0 Å². The average molecular weight is 318 g/mol. The molecule has 0 aliphatic carbocycles. The van der Waals surface area contributed by atoms with Crippen molar-refractivity contribution in [3.63, 3.8) is 0 Å². The van der Waals surface area contributed by atoms with Gasteiger partial charge in [-0.15, -0.1) is 0 Å². The molecule has 6 heteroatoms. The number of nitrogens with zero attached hydrogens (tertiary/aromatic N) is 3. The number of ether oxygens (including phenoxy) is 1. The molecule has 1 atom stereocenters. The number of amides is 2. The van der Waals surface area contributed by atoms with Gasteiger partial charge in [-0.3, -0.25) is 0 Å². The van der Waals surface area contributed by atoms with Crippen LogP contribution >= 0.6 is 0 Å². The Hall–Kier alpha value is -1.82. The van der Waals surface area contributed by atoms with Crippen LogP contribution in [-0.2, 0) is 11.3 Å². The van der Waals surface area contributed by atoms with E-state index in [0.717, 1.165) is 24.5 Å². The Bertz CT molecular complexity index is 514. The molecule has 0 unspecified atom stereocenters. The third-order valence-electron chi connectivity index (χ3n) is 4.46. The molecular formula is C17H26N4O2. The molecule has 0 saturated carbocycles. The van der Waals surface area contributed by atoms with Crippen LogP contribution < -0.4 is 10.2 Å². The van der Waals surface area contributed by atoms with Gasteiger partial charge in [0.1, 0.15) is 5.82 Å². The lowest BCUT2D eigenvalue weighted by molar-refractivity contribution is -0.00351. The molecule has 0 radical (unpaired) electrons. The monoisotopic (exact) mass is 318 g/mol. The number of nitrogens with one attached hydrogen (secondary N) is 1. The zero-order chi connectivity index (χ0) is 16.1. The number of urea groups is 1. The number of aromatic nitrogens is 1. The third kappa shape index (κ3) is 4.34. The maximum absolute atomic E-state index is 12.2. The fourth-order valence-corrected chi connectivity index (χ4v) is 3.12. The normalized spacial score (nSPS) is 22.0. The van der Waals surface area contributed by atoms with E-state index in [1.54, 1.807) is 0 Å². The van der Waals surface area contributed by atoms with Crippen LogP contribution in [0.5, 0.6) is 0 Å². The molecule has 2 amide bonds. The number of rotatable bonds is 3. The van der Waals surface area contributed by atoms with Crippen LogP contribution in [0.25, 0.3) is 0 Å². The average Bonchev–Trinajstić information content (AvgIpc) is 2.61. The number of piperidine rings is 1. The second-order valence-corrected chi connectivity index (χ2v) is 6.36. The Morgan fingerprint density at radius 1 is 1.30 bits per heavy atom. The standard InChI is InChI=1S/C17H26N4O2/c1-14-13-21(9-10-23-14)17(22)19-12-15-5-6-16(18-11-15)20-7-3-2-4-8-20/h5-6,11,14H,2-4,7-10,12-13H2,1H3,(H,19,22)/t14-/m1/s1. The second-order valence-electron chi connectivity index (χ2n) is 6.36. The molecule has 23 heavy (non-hydrogen) atoms. The molecule has 0 aromatic carbocycles. The predicted molar refractivity (Wildman–Crippen MR) is 89.5 cm³/mol. The SMILES string of the molecule is C[C@@H]1CN(C(=O)NCc2ccc(N3CCCCC3)nc2)CCO1. The van der Waals surface area contributed by atoms with E-state index in [4.69, 9.17) is 4.74 Å². The molecule has 1 aromatic heterocycles. The van der Waals surface area contributed by atoms with Crippen LogP contribution in [0.15, 0.2) is 18.3 Å². The summed E-state index contributed by atoms with van der Waals surface area (Å²) in [5.41, 5.74) is 1.03. The molecule has 6 nitrogen and oxygen atoms in total. The van der Waals surface area contributed by atoms with Crippen LogP contribution in [0, 0.1) is 0 Å². The summed E-state index contributed by atoms with van der Waals surface area (Å²) in [7, 11) is 0. The quantitative estimate of drug-likeness (QED) is 0.926. The molecule has 3 heterocycles. The van der Waals surface area contributed by atoms with Gasteiger partial charge >= 0.3 is 6.03 Å². The van der Waals surface area contributed by atoms with E-state index in [2.05, 4.69) is 27.3 Å². The molecule has 2 aliphatic heterocycles. The number of carbonyl (C=O) groups excluding carboxylic acids is 1. The molecule has 2 saturated heterocycles. The van der Waals surface area contributed by atoms with Gasteiger partial charge in [0.05, 0.1) is 12.7 Å². The first-order chi connectivity index (χ1) is 11.2. The topological polar surface area (TPSA) is 57.7 Å². The van der Waals surface area contributed by atoms with Gasteiger partial charge < -0.3 is 19.9 Å². The first-order valence-corrected chi connectivity index (χ1v) is 8.56. The number of anilines is 1. The maximum atomic E-state index is 12.2. The summed E-state index contributed by atoms with van der Waals surface area (Å²) < 4.78 is 5.46. The van der Waals surface area contributed by atoms with Gasteiger partial charge in [0.15, 0.2) is 0 Å². The molecule has 0 spiro atoms. The van der Waals surface area contributed by atoms with Crippen molar-refractivity contribution in [1.82, 2.24) is 15.2 Å². The van der Waals surface area contributed by atoms with Crippen LogP contribution in [-0.4, -0.2) is 54.8 Å². The van der Waals surface area contributed by atoms with Gasteiger partial charge in [0.25, 0.3) is 0 Å². The van der Waals surface area contributed by atoms with E-state index in [1.807, 2.05) is 18.0 Å². The number of carbonyl (C=O) groups is 1. The first kappa shape index (κ1) is 16.1. The second kappa shape index (κ2) is 7.64. The zero-order valence-corrected chi connectivity index (χ0v) is 13.8. The van der Waals surface area contributed by atoms with Gasteiger partial charge in [-0.25, -0.2) is 9.78 Å². The number of hydrogen-bond donors (Lipinski definition) is 1. The zero-order valence-electron chi connectivity index (χ0n) is 13.8. The Kier molecular flexibility index (Phi) is 5.33. The highest BCUT2D eigenvalue weighted by Gasteiger charge is 2.21. The first-order valence-electron chi connectivity index (χ1n) is 8.56. The number of morpholine rings is 1. The van der Waals surface area contributed by atoms with Gasteiger partial charge in [-0.1, -0.05) is 6.07 Å². The highest BCUT2D eigenvalue weighted by molar-refractivity contribution is 5.74. The van der Waals surface area contributed by atoms with Crippen molar-refractivity contribution in [2.24, 2.45) is 0 Å².